The van der Waals surface area contributed by atoms with Crippen molar-refractivity contribution in [1.29, 1.82) is 0 Å². The number of hydrogen-bond donors (Lipinski definition) is 0. The molecule has 2 heterocycles. The van der Waals surface area contributed by atoms with Gasteiger partial charge in [0.15, 0.2) is 0 Å². The Morgan fingerprint density at radius 1 is 0.929 bits per heavy atom. The normalized spacial score (nSPS) is 13.4. The van der Waals surface area contributed by atoms with Crippen LogP contribution in [0, 0.1) is 0 Å². The van der Waals surface area contributed by atoms with Crippen LogP contribution in [-0.2, 0) is 0 Å². The lowest BCUT2D eigenvalue weighted by Crippen LogP contribution is -2.27. The van der Waals surface area contributed by atoms with Crippen molar-refractivity contribution in [2.24, 2.45) is 0 Å². The van der Waals surface area contributed by atoms with Gasteiger partial charge in [0, 0.05) is 36.3 Å². The molecule has 0 unspecified atom stereocenters. The largest absolute Gasteiger partial charge is 0.497 e. The van der Waals surface area contributed by atoms with Crippen molar-refractivity contribution < 1.29 is 14.3 Å². The van der Waals surface area contributed by atoms with Crippen molar-refractivity contribution in [3.05, 3.63) is 66.2 Å². The van der Waals surface area contributed by atoms with E-state index in [-0.39, 0.29) is 5.91 Å². The number of amides is 1. The molecule has 1 aliphatic rings. The van der Waals surface area contributed by atoms with Crippen LogP contribution in [0.4, 0.5) is 0 Å². The van der Waals surface area contributed by atoms with Crippen LogP contribution in [-0.4, -0.2) is 41.2 Å². The fourth-order valence-corrected chi connectivity index (χ4v) is 3.20. The Morgan fingerprint density at radius 3 is 2.36 bits per heavy atom. The average molecular weight is 375 g/mol. The molecule has 0 aliphatic carbocycles. The van der Waals surface area contributed by atoms with E-state index in [1.165, 1.54) is 0 Å². The van der Waals surface area contributed by atoms with Crippen molar-refractivity contribution in [2.45, 2.75) is 12.8 Å². The summed E-state index contributed by atoms with van der Waals surface area (Å²) in [5.41, 5.74) is 2.33. The molecule has 1 saturated heterocycles. The van der Waals surface area contributed by atoms with Gasteiger partial charge in [0.1, 0.15) is 11.5 Å². The molecule has 6 nitrogen and oxygen atoms in total. The molecule has 28 heavy (non-hydrogen) atoms. The first-order valence-electron chi connectivity index (χ1n) is 9.28. The predicted octanol–water partition coefficient (Wildman–Crippen LogP) is 4.18. The van der Waals surface area contributed by atoms with E-state index in [1.807, 2.05) is 53.4 Å². The fraction of sp³-hybridized carbons (Fsp3) is 0.227. The van der Waals surface area contributed by atoms with Crippen molar-refractivity contribution in [3.8, 4) is 28.6 Å². The molecular weight excluding hydrogens is 354 g/mol. The lowest BCUT2D eigenvalue weighted by molar-refractivity contribution is 0.0793. The summed E-state index contributed by atoms with van der Waals surface area (Å²) in [5, 5.41) is 8.38. The molecule has 1 aliphatic heterocycles. The highest BCUT2D eigenvalue weighted by molar-refractivity contribution is 5.94. The number of ether oxygens (including phenoxy) is 2. The lowest BCUT2D eigenvalue weighted by atomic mass is 10.1. The molecule has 4 rings (SSSR count). The minimum Gasteiger partial charge on any atom is -0.497 e. The molecule has 0 spiro atoms. The molecule has 1 amide bonds. The molecule has 142 valence electrons. The third-order valence-electron chi connectivity index (χ3n) is 4.72. The van der Waals surface area contributed by atoms with Gasteiger partial charge < -0.3 is 14.4 Å². The summed E-state index contributed by atoms with van der Waals surface area (Å²) in [6.45, 7) is 1.70. The minimum atomic E-state index is 0.0946. The number of hydrogen-bond acceptors (Lipinski definition) is 5. The van der Waals surface area contributed by atoms with Crippen molar-refractivity contribution in [2.75, 3.05) is 20.2 Å². The second-order valence-electron chi connectivity index (χ2n) is 6.61. The van der Waals surface area contributed by atoms with Crippen LogP contribution >= 0.6 is 0 Å². The van der Waals surface area contributed by atoms with Crippen LogP contribution < -0.4 is 9.47 Å². The number of aromatic nitrogens is 2. The third kappa shape index (κ3) is 3.96. The van der Waals surface area contributed by atoms with Crippen LogP contribution in [0.1, 0.15) is 23.2 Å². The number of methoxy groups -OCH3 is 1. The molecule has 0 saturated carbocycles. The van der Waals surface area contributed by atoms with Gasteiger partial charge in [0.25, 0.3) is 5.91 Å². The van der Waals surface area contributed by atoms with Crippen molar-refractivity contribution in [3.63, 3.8) is 0 Å². The number of likely N-dealkylation sites (tertiary alicyclic amines) is 1. The topological polar surface area (TPSA) is 64.6 Å². The summed E-state index contributed by atoms with van der Waals surface area (Å²) in [4.78, 5) is 14.3. The molecule has 1 fully saturated rings. The second-order valence-corrected chi connectivity index (χ2v) is 6.61. The molecule has 0 bridgehead atoms. The van der Waals surface area contributed by atoms with E-state index in [1.54, 1.807) is 19.2 Å². The SMILES string of the molecule is COc1cccc(Oc2ccc(-c3ccc(C(=O)N4CCCC4)cc3)nn2)c1. The fourth-order valence-electron chi connectivity index (χ4n) is 3.20. The molecule has 6 heteroatoms. The van der Waals surface area contributed by atoms with Crippen LogP contribution in [0.3, 0.4) is 0 Å². The first-order chi connectivity index (χ1) is 13.7. The zero-order valence-electron chi connectivity index (χ0n) is 15.7. The zero-order chi connectivity index (χ0) is 19.3. The van der Waals surface area contributed by atoms with E-state index < -0.39 is 0 Å². The highest BCUT2D eigenvalue weighted by atomic mass is 16.5. The first-order valence-corrected chi connectivity index (χ1v) is 9.28. The second kappa shape index (κ2) is 8.08. The maximum atomic E-state index is 12.4. The van der Waals surface area contributed by atoms with Gasteiger partial charge in [0.05, 0.1) is 12.8 Å². The van der Waals surface area contributed by atoms with E-state index in [0.717, 1.165) is 37.2 Å². The lowest BCUT2D eigenvalue weighted by Gasteiger charge is -2.15. The Balaban J connectivity index is 1.45. The molecule has 2 aromatic carbocycles. The van der Waals surface area contributed by atoms with E-state index in [4.69, 9.17) is 9.47 Å². The molecule has 1 aromatic heterocycles. The standard InChI is InChI=1S/C22H21N3O3/c1-27-18-5-4-6-19(15-18)28-21-12-11-20(23-24-21)16-7-9-17(10-8-16)22(26)25-13-2-3-14-25/h4-12,15H,2-3,13-14H2,1H3. The molecule has 0 N–H and O–H groups in total. The van der Waals surface area contributed by atoms with E-state index in [0.29, 0.717) is 22.9 Å². The Bertz CT molecular complexity index is 950. The zero-order valence-corrected chi connectivity index (χ0v) is 15.7. The summed E-state index contributed by atoms with van der Waals surface area (Å²) in [7, 11) is 1.61. The van der Waals surface area contributed by atoms with Gasteiger partial charge in [-0.15, -0.1) is 10.2 Å². The van der Waals surface area contributed by atoms with Crippen molar-refractivity contribution in [1.82, 2.24) is 15.1 Å². The number of nitrogens with zero attached hydrogens (tertiary/aromatic N) is 3. The maximum absolute atomic E-state index is 12.4. The highest BCUT2D eigenvalue weighted by Gasteiger charge is 2.19. The minimum absolute atomic E-state index is 0.0946. The summed E-state index contributed by atoms with van der Waals surface area (Å²) < 4.78 is 10.9. The van der Waals surface area contributed by atoms with E-state index >= 15 is 0 Å². The van der Waals surface area contributed by atoms with Crippen LogP contribution in [0.2, 0.25) is 0 Å². The average Bonchev–Trinajstić information content (AvgIpc) is 3.29. The van der Waals surface area contributed by atoms with Gasteiger partial charge in [-0.3, -0.25) is 4.79 Å². The smallest absolute Gasteiger partial charge is 0.253 e. The predicted molar refractivity (Wildman–Crippen MR) is 106 cm³/mol. The monoisotopic (exact) mass is 375 g/mol. The highest BCUT2D eigenvalue weighted by Crippen LogP contribution is 2.25. The van der Waals surface area contributed by atoms with Gasteiger partial charge >= 0.3 is 0 Å². The number of carbonyl (C=O) groups is 1. The molecular formula is C22H21N3O3. The summed E-state index contributed by atoms with van der Waals surface area (Å²) >= 11 is 0. The number of rotatable bonds is 5. The van der Waals surface area contributed by atoms with Gasteiger partial charge in [-0.05, 0) is 43.2 Å². The Hall–Kier alpha value is -3.41. The summed E-state index contributed by atoms with van der Waals surface area (Å²) in [6, 6.07) is 18.4. The Labute approximate surface area is 163 Å². The third-order valence-corrected chi connectivity index (χ3v) is 4.72. The van der Waals surface area contributed by atoms with Gasteiger partial charge in [-0.25, -0.2) is 0 Å². The van der Waals surface area contributed by atoms with Gasteiger partial charge in [-0.2, -0.15) is 0 Å². The van der Waals surface area contributed by atoms with Crippen LogP contribution in [0.25, 0.3) is 11.3 Å². The van der Waals surface area contributed by atoms with E-state index in [2.05, 4.69) is 10.2 Å². The van der Waals surface area contributed by atoms with Crippen LogP contribution in [0.5, 0.6) is 17.4 Å². The molecule has 3 aromatic rings. The van der Waals surface area contributed by atoms with Crippen LogP contribution in [0.15, 0.2) is 60.7 Å². The van der Waals surface area contributed by atoms with Gasteiger partial charge in [0.2, 0.25) is 5.88 Å². The molecule has 0 radical (unpaired) electrons. The summed E-state index contributed by atoms with van der Waals surface area (Å²) in [5.74, 6) is 1.84. The Kier molecular flexibility index (Phi) is 5.19. The maximum Gasteiger partial charge on any atom is 0.253 e. The van der Waals surface area contributed by atoms with Crippen molar-refractivity contribution >= 4 is 5.91 Å². The number of benzene rings is 2. The van der Waals surface area contributed by atoms with Gasteiger partial charge in [-0.1, -0.05) is 18.2 Å². The number of carbonyl (C=O) groups excluding carboxylic acids is 1. The molecule has 0 atom stereocenters. The Morgan fingerprint density at radius 2 is 1.68 bits per heavy atom. The van der Waals surface area contributed by atoms with E-state index in [9.17, 15) is 4.79 Å². The quantitative estimate of drug-likeness (QED) is 0.669. The summed E-state index contributed by atoms with van der Waals surface area (Å²) in [6.07, 6.45) is 2.17. The first kappa shape index (κ1) is 18.0.